The Kier molecular flexibility index (Phi) is 16.4. The molecule has 2 aromatic heterocycles. The van der Waals surface area contributed by atoms with Crippen molar-refractivity contribution in [2.75, 3.05) is 67.1 Å². The molecule has 4 aromatic rings. The summed E-state index contributed by atoms with van der Waals surface area (Å²) in [6.07, 6.45) is 0.217. The van der Waals surface area contributed by atoms with E-state index in [0.717, 1.165) is 48.0 Å². The largest absolute Gasteiger partial charge is 0.465 e. The summed E-state index contributed by atoms with van der Waals surface area (Å²) in [5, 5.41) is 13.8. The SMILES string of the molecule is CC[C@H]1COCCN1c1cc(CI)nc(-c2ccc(NC(=O)O)cc2)n1.CC[C@H]1COCCN1c1cc(CS(=O)(=O)OC)nc(-c2ccc(NC(=O)OC(C)(C)C)cc2)n1. The summed E-state index contributed by atoms with van der Waals surface area (Å²) < 4.78 is 46.1. The van der Waals surface area contributed by atoms with Gasteiger partial charge in [0.2, 0.25) is 0 Å². The highest BCUT2D eigenvalue weighted by Crippen LogP contribution is 2.28. The molecule has 0 bridgehead atoms. The van der Waals surface area contributed by atoms with E-state index in [-0.39, 0.29) is 11.8 Å². The Bertz CT molecular complexity index is 2170. The summed E-state index contributed by atoms with van der Waals surface area (Å²) >= 11 is 2.30. The molecule has 60 heavy (non-hydrogen) atoms. The molecule has 4 heterocycles. The van der Waals surface area contributed by atoms with Gasteiger partial charge in [-0.05, 0) is 82.1 Å². The first-order chi connectivity index (χ1) is 28.6. The third-order valence-corrected chi connectivity index (χ3v) is 11.4. The lowest BCUT2D eigenvalue weighted by Crippen LogP contribution is -2.45. The Morgan fingerprint density at radius 2 is 1.27 bits per heavy atom. The van der Waals surface area contributed by atoms with Gasteiger partial charge in [-0.1, -0.05) is 36.4 Å². The predicted molar refractivity (Wildman–Crippen MR) is 238 cm³/mol. The molecule has 2 aliphatic rings. The molecule has 2 fully saturated rings. The number of nitrogens with one attached hydrogen (secondary N) is 2. The third-order valence-electron chi connectivity index (χ3n) is 9.42. The van der Waals surface area contributed by atoms with Gasteiger partial charge in [-0.2, -0.15) is 8.42 Å². The second kappa shape index (κ2) is 21.2. The van der Waals surface area contributed by atoms with Gasteiger partial charge >= 0.3 is 12.2 Å². The van der Waals surface area contributed by atoms with Crippen LogP contribution in [0.3, 0.4) is 0 Å². The van der Waals surface area contributed by atoms with E-state index in [1.54, 1.807) is 63.2 Å². The Labute approximate surface area is 364 Å². The summed E-state index contributed by atoms with van der Waals surface area (Å²) in [6, 6.07) is 18.2. The molecular formula is C41H53IN8O9S. The molecule has 6 rings (SSSR count). The number of morpholine rings is 2. The first-order valence-corrected chi connectivity index (χ1v) is 22.7. The van der Waals surface area contributed by atoms with E-state index in [2.05, 4.69) is 71.0 Å². The van der Waals surface area contributed by atoms with Crippen LogP contribution in [0.1, 0.15) is 58.8 Å². The van der Waals surface area contributed by atoms with Crippen molar-refractivity contribution in [3.05, 3.63) is 72.1 Å². The highest BCUT2D eigenvalue weighted by Gasteiger charge is 2.26. The fourth-order valence-electron chi connectivity index (χ4n) is 6.44. The van der Waals surface area contributed by atoms with Crippen molar-refractivity contribution < 1.29 is 41.5 Å². The number of benzene rings is 2. The van der Waals surface area contributed by atoms with E-state index in [1.165, 1.54) is 0 Å². The highest BCUT2D eigenvalue weighted by molar-refractivity contribution is 14.1. The number of halogens is 1. The topological polar surface area (TPSA) is 208 Å². The first kappa shape index (κ1) is 46.4. The molecule has 3 N–H and O–H groups in total. The van der Waals surface area contributed by atoms with Crippen molar-refractivity contribution in [2.24, 2.45) is 0 Å². The van der Waals surface area contributed by atoms with Crippen molar-refractivity contribution in [3.8, 4) is 22.8 Å². The van der Waals surface area contributed by atoms with Gasteiger partial charge in [0.25, 0.3) is 10.1 Å². The van der Waals surface area contributed by atoms with Gasteiger partial charge in [0.05, 0.1) is 57.0 Å². The minimum absolute atomic E-state index is 0.129. The first-order valence-electron chi connectivity index (χ1n) is 19.6. The van der Waals surface area contributed by atoms with Gasteiger partial charge in [-0.25, -0.2) is 29.5 Å². The molecule has 0 spiro atoms. The number of nitrogens with zero attached hydrogens (tertiary/aromatic N) is 6. The molecule has 2 saturated heterocycles. The zero-order valence-electron chi connectivity index (χ0n) is 34.7. The van der Waals surface area contributed by atoms with E-state index in [0.29, 0.717) is 79.1 Å². The van der Waals surface area contributed by atoms with Crippen LogP contribution in [0.15, 0.2) is 60.7 Å². The van der Waals surface area contributed by atoms with Gasteiger partial charge in [0, 0.05) is 52.2 Å². The van der Waals surface area contributed by atoms with Crippen LogP contribution >= 0.6 is 22.6 Å². The average Bonchev–Trinajstić information content (AvgIpc) is 3.23. The smallest absolute Gasteiger partial charge is 0.412 e. The van der Waals surface area contributed by atoms with Gasteiger partial charge in [-0.15, -0.1) is 0 Å². The highest BCUT2D eigenvalue weighted by atomic mass is 127. The minimum atomic E-state index is -3.77. The Hall–Kier alpha value is -4.70. The van der Waals surface area contributed by atoms with Crippen LogP contribution in [0.25, 0.3) is 22.8 Å². The number of carboxylic acid groups (broad SMARTS) is 1. The van der Waals surface area contributed by atoms with Crippen molar-refractivity contribution in [3.63, 3.8) is 0 Å². The van der Waals surface area contributed by atoms with E-state index < -0.39 is 27.9 Å². The monoisotopic (exact) mass is 960 g/mol. The summed E-state index contributed by atoms with van der Waals surface area (Å²) in [7, 11) is -2.64. The van der Waals surface area contributed by atoms with E-state index in [1.807, 2.05) is 18.2 Å². The maximum atomic E-state index is 12.1. The number of amides is 2. The summed E-state index contributed by atoms with van der Waals surface area (Å²) in [5.74, 6) is 2.22. The number of anilines is 4. The Morgan fingerprint density at radius 1 is 0.800 bits per heavy atom. The number of aromatic nitrogens is 4. The Balaban J connectivity index is 0.000000236. The molecule has 2 atom stereocenters. The van der Waals surface area contributed by atoms with Crippen molar-refractivity contribution in [2.45, 2.75) is 75.3 Å². The van der Waals surface area contributed by atoms with Crippen LogP contribution in [-0.2, 0) is 38.7 Å². The molecule has 0 saturated carbocycles. The molecule has 324 valence electrons. The lowest BCUT2D eigenvalue weighted by molar-refractivity contribution is 0.0635. The molecular weight excluding hydrogens is 907 g/mol. The van der Waals surface area contributed by atoms with Crippen LogP contribution < -0.4 is 20.4 Å². The minimum Gasteiger partial charge on any atom is -0.465 e. The number of alkyl halides is 1. The summed E-state index contributed by atoms with van der Waals surface area (Å²) in [6.45, 7) is 13.6. The van der Waals surface area contributed by atoms with Gasteiger partial charge in [-0.3, -0.25) is 14.8 Å². The molecule has 17 nitrogen and oxygen atoms in total. The number of carbonyl (C=O) groups is 2. The number of rotatable bonds is 12. The van der Waals surface area contributed by atoms with Crippen LogP contribution in [0, 0.1) is 0 Å². The van der Waals surface area contributed by atoms with Gasteiger partial charge < -0.3 is 29.1 Å². The lowest BCUT2D eigenvalue weighted by atomic mass is 10.1. The summed E-state index contributed by atoms with van der Waals surface area (Å²) in [4.78, 5) is 45.8. The van der Waals surface area contributed by atoms with Crippen LogP contribution in [0.4, 0.5) is 32.6 Å². The number of hydrogen-bond donors (Lipinski definition) is 3. The predicted octanol–water partition coefficient (Wildman–Crippen LogP) is 7.37. The van der Waals surface area contributed by atoms with E-state index in [9.17, 15) is 18.0 Å². The molecule has 2 aliphatic heterocycles. The maximum absolute atomic E-state index is 12.1. The lowest BCUT2D eigenvalue weighted by Gasteiger charge is -2.36. The average molecular weight is 961 g/mol. The molecule has 0 aliphatic carbocycles. The molecule has 2 aromatic carbocycles. The van der Waals surface area contributed by atoms with Crippen LogP contribution in [-0.4, -0.2) is 110 Å². The van der Waals surface area contributed by atoms with Crippen LogP contribution in [0.2, 0.25) is 0 Å². The Morgan fingerprint density at radius 3 is 1.70 bits per heavy atom. The third kappa shape index (κ3) is 13.4. The van der Waals surface area contributed by atoms with Gasteiger partial charge in [0.15, 0.2) is 11.6 Å². The normalized spacial score (nSPS) is 17.0. The molecule has 0 radical (unpaired) electrons. The number of hydrogen-bond acceptors (Lipinski definition) is 14. The standard InChI is InChI=1S/C23H32N4O6S.C18H21IN4O3/c1-6-19-14-32-12-11-27(19)20-13-18(15-34(29,30)31-5)24-21(26-20)16-7-9-17(10-8-16)25-22(28)33-23(2,3)4;1-2-15-11-26-8-7-23(15)16-9-14(10-19)20-17(22-16)12-3-5-13(6-4-12)21-18(24)25/h7-10,13,19H,6,11-12,14-15H2,1-5H3,(H,25,28);3-6,9,15,21H,2,7-8,10-11H2,1H3,(H,24,25)/t19-;15-/m00/s1. The quantitative estimate of drug-likeness (QED) is 0.0720. The fraction of sp³-hybridized carbons (Fsp3) is 0.463. The second-order valence-corrected chi connectivity index (χ2v) is 17.5. The van der Waals surface area contributed by atoms with Crippen molar-refractivity contribution >= 4 is 67.9 Å². The van der Waals surface area contributed by atoms with Crippen molar-refractivity contribution in [1.82, 2.24) is 19.9 Å². The van der Waals surface area contributed by atoms with Gasteiger partial charge in [0.1, 0.15) is 23.0 Å². The number of ether oxygens (including phenoxy) is 3. The second-order valence-electron chi connectivity index (χ2n) is 15.0. The van der Waals surface area contributed by atoms with Crippen molar-refractivity contribution in [1.29, 1.82) is 0 Å². The summed E-state index contributed by atoms with van der Waals surface area (Å²) in [5.41, 5.74) is 3.30. The number of carbonyl (C=O) groups excluding carboxylic acids is 1. The molecule has 0 unspecified atom stereocenters. The zero-order chi connectivity index (χ0) is 43.5. The molecule has 2 amide bonds. The fourth-order valence-corrected chi connectivity index (χ4v) is 7.46. The van der Waals surface area contributed by atoms with E-state index >= 15 is 0 Å². The van der Waals surface area contributed by atoms with E-state index in [4.69, 9.17) is 29.3 Å². The maximum Gasteiger partial charge on any atom is 0.412 e. The van der Waals surface area contributed by atoms with Crippen LogP contribution in [0.5, 0.6) is 0 Å². The molecule has 19 heteroatoms. The zero-order valence-corrected chi connectivity index (χ0v) is 37.7.